The minimum Gasteiger partial charge on any atom is -0.335 e. The first-order valence-corrected chi connectivity index (χ1v) is 11.8. The van der Waals surface area contributed by atoms with Crippen molar-refractivity contribution in [2.45, 2.75) is 58.2 Å². The van der Waals surface area contributed by atoms with E-state index in [1.807, 2.05) is 19.2 Å². The summed E-state index contributed by atoms with van der Waals surface area (Å²) in [5.41, 5.74) is 8.21. The zero-order valence-corrected chi connectivity index (χ0v) is 18.3. The van der Waals surface area contributed by atoms with Crippen LogP contribution in [0.2, 0.25) is 0 Å². The lowest BCUT2D eigenvalue weighted by molar-refractivity contribution is -0.135. The second kappa shape index (κ2) is 7.56. The third-order valence-corrected chi connectivity index (χ3v) is 7.47. The molecule has 5 nitrogen and oxygen atoms in total. The molecule has 1 saturated carbocycles. The number of amides is 1. The Balaban J connectivity index is 1.22. The van der Waals surface area contributed by atoms with Gasteiger partial charge in [-0.2, -0.15) is 0 Å². The second-order valence-corrected chi connectivity index (χ2v) is 9.80. The molecule has 1 amide bonds. The molecule has 0 unspecified atom stereocenters. The largest absolute Gasteiger partial charge is 0.335 e. The first kappa shape index (κ1) is 19.2. The molecule has 31 heavy (non-hydrogen) atoms. The molecule has 2 aromatic rings. The van der Waals surface area contributed by atoms with Gasteiger partial charge in [-0.15, -0.1) is 0 Å². The number of pyridine rings is 1. The first-order valence-electron chi connectivity index (χ1n) is 11.8. The van der Waals surface area contributed by atoms with Gasteiger partial charge in [-0.25, -0.2) is 0 Å². The fourth-order valence-electron chi connectivity index (χ4n) is 5.54. The van der Waals surface area contributed by atoms with Crippen LogP contribution in [-0.4, -0.2) is 52.1 Å². The number of aliphatic imine (C=N–C) groups is 1. The average Bonchev–Trinajstić information content (AvgIpc) is 3.49. The van der Waals surface area contributed by atoms with Gasteiger partial charge in [0.25, 0.3) is 0 Å². The summed E-state index contributed by atoms with van der Waals surface area (Å²) in [7, 11) is 0. The highest BCUT2D eigenvalue weighted by Gasteiger charge is 2.34. The minimum absolute atomic E-state index is 0.303. The third kappa shape index (κ3) is 3.69. The highest BCUT2D eigenvalue weighted by molar-refractivity contribution is 6.15. The van der Waals surface area contributed by atoms with E-state index < -0.39 is 0 Å². The minimum atomic E-state index is 0.303. The number of aromatic nitrogens is 1. The summed E-state index contributed by atoms with van der Waals surface area (Å²) in [6.45, 7) is 7.02. The van der Waals surface area contributed by atoms with Gasteiger partial charge in [-0.05, 0) is 73.4 Å². The van der Waals surface area contributed by atoms with Crippen molar-refractivity contribution in [1.29, 1.82) is 0 Å². The van der Waals surface area contributed by atoms with Crippen molar-refractivity contribution in [2.24, 2.45) is 10.9 Å². The van der Waals surface area contributed by atoms with Crippen LogP contribution in [-0.2, 0) is 24.3 Å². The highest BCUT2D eigenvalue weighted by Crippen LogP contribution is 2.33. The van der Waals surface area contributed by atoms with Gasteiger partial charge in [0.2, 0.25) is 5.91 Å². The molecule has 4 aliphatic rings. The number of carbonyl (C=O) groups is 1. The van der Waals surface area contributed by atoms with Crippen LogP contribution in [0.3, 0.4) is 0 Å². The first-order chi connectivity index (χ1) is 15.1. The summed E-state index contributed by atoms with van der Waals surface area (Å²) in [6.07, 6.45) is 7.45. The van der Waals surface area contributed by atoms with E-state index in [4.69, 9.17) is 4.99 Å². The number of hydrogen-bond donors (Lipinski definition) is 0. The van der Waals surface area contributed by atoms with Gasteiger partial charge in [0.1, 0.15) is 0 Å². The molecule has 0 radical (unpaired) electrons. The number of aryl methyl sites for hydroxylation is 1. The standard InChI is InChI=1S/C26H30N4O/c1-17-10-19(4-7-27-17)26-24-12-22-16-30(25(31)13-20(22)11-21(24)14-28-26)23-5-8-29(9-6-23)15-18-2-3-18/h4,7,10-12,18,23H,2-3,5-6,8-9,13-16H2,1H3. The fourth-order valence-corrected chi connectivity index (χ4v) is 5.54. The number of hydrogen-bond acceptors (Lipinski definition) is 4. The molecule has 3 aliphatic heterocycles. The summed E-state index contributed by atoms with van der Waals surface area (Å²) in [6, 6.07) is 9.10. The van der Waals surface area contributed by atoms with Gasteiger partial charge >= 0.3 is 0 Å². The van der Waals surface area contributed by atoms with Gasteiger partial charge in [0.05, 0.1) is 18.7 Å². The Bertz CT molecular complexity index is 1060. The van der Waals surface area contributed by atoms with Crippen molar-refractivity contribution in [3.63, 3.8) is 0 Å². The van der Waals surface area contributed by atoms with Crippen LogP contribution >= 0.6 is 0 Å². The average molecular weight is 415 g/mol. The van der Waals surface area contributed by atoms with Crippen LogP contribution in [0, 0.1) is 12.8 Å². The van der Waals surface area contributed by atoms with Gasteiger partial charge < -0.3 is 9.80 Å². The smallest absolute Gasteiger partial charge is 0.227 e. The molecule has 0 N–H and O–H groups in total. The van der Waals surface area contributed by atoms with Crippen LogP contribution < -0.4 is 0 Å². The Morgan fingerprint density at radius 3 is 2.65 bits per heavy atom. The Labute approximate surface area is 184 Å². The van der Waals surface area contributed by atoms with Crippen molar-refractivity contribution in [2.75, 3.05) is 19.6 Å². The molecule has 160 valence electrons. The highest BCUT2D eigenvalue weighted by atomic mass is 16.2. The van der Waals surface area contributed by atoms with Crippen LogP contribution in [0.4, 0.5) is 0 Å². The SMILES string of the molecule is Cc1cc(C2=NCc3cc4c(cc32)CN(C2CCN(CC3CC3)CC2)C(=O)C4)ccn1. The van der Waals surface area contributed by atoms with Crippen molar-refractivity contribution < 1.29 is 4.79 Å². The Morgan fingerprint density at radius 1 is 1.03 bits per heavy atom. The lowest BCUT2D eigenvalue weighted by atomic mass is 9.89. The Kier molecular flexibility index (Phi) is 4.67. The zero-order chi connectivity index (χ0) is 20.9. The summed E-state index contributed by atoms with van der Waals surface area (Å²) in [5.74, 6) is 1.25. The maximum Gasteiger partial charge on any atom is 0.227 e. The number of piperidine rings is 1. The summed E-state index contributed by atoms with van der Waals surface area (Å²) in [4.78, 5) is 27.0. The molecule has 1 saturated heterocycles. The number of benzene rings is 1. The van der Waals surface area contributed by atoms with Gasteiger partial charge in [0.15, 0.2) is 0 Å². The van der Waals surface area contributed by atoms with E-state index in [0.29, 0.717) is 24.9 Å². The molecule has 5 heteroatoms. The van der Waals surface area contributed by atoms with Crippen LogP contribution in [0.1, 0.15) is 59.2 Å². The van der Waals surface area contributed by atoms with Crippen molar-refractivity contribution in [3.8, 4) is 0 Å². The molecular weight excluding hydrogens is 384 g/mol. The van der Waals surface area contributed by atoms with E-state index in [0.717, 1.165) is 55.4 Å². The number of nitrogens with zero attached hydrogens (tertiary/aromatic N) is 4. The number of likely N-dealkylation sites (tertiary alicyclic amines) is 1. The van der Waals surface area contributed by atoms with Gasteiger partial charge in [-0.1, -0.05) is 6.07 Å². The maximum atomic E-state index is 13.0. The summed E-state index contributed by atoms with van der Waals surface area (Å²) < 4.78 is 0. The fraction of sp³-hybridized carbons (Fsp3) is 0.500. The van der Waals surface area contributed by atoms with E-state index in [9.17, 15) is 4.79 Å². The van der Waals surface area contributed by atoms with Crippen LogP contribution in [0.15, 0.2) is 35.5 Å². The summed E-state index contributed by atoms with van der Waals surface area (Å²) >= 11 is 0. The molecular formula is C26H30N4O. The number of fused-ring (bicyclic) bond motifs is 2. The summed E-state index contributed by atoms with van der Waals surface area (Å²) in [5, 5.41) is 0. The van der Waals surface area contributed by atoms with Gasteiger partial charge in [0, 0.05) is 55.2 Å². The van der Waals surface area contributed by atoms with Crippen molar-refractivity contribution >= 4 is 11.6 Å². The molecule has 4 heterocycles. The third-order valence-electron chi connectivity index (χ3n) is 7.47. The lowest BCUT2D eigenvalue weighted by Crippen LogP contribution is -2.49. The molecule has 0 bridgehead atoms. The molecule has 1 aliphatic carbocycles. The zero-order valence-electron chi connectivity index (χ0n) is 18.3. The predicted octanol–water partition coefficient (Wildman–Crippen LogP) is 3.50. The molecule has 0 atom stereocenters. The Hall–Kier alpha value is -2.53. The topological polar surface area (TPSA) is 48.8 Å². The van der Waals surface area contributed by atoms with Crippen molar-refractivity contribution in [1.82, 2.24) is 14.8 Å². The van der Waals surface area contributed by atoms with Gasteiger partial charge in [-0.3, -0.25) is 14.8 Å². The van der Waals surface area contributed by atoms with E-state index in [1.165, 1.54) is 41.6 Å². The molecule has 2 fully saturated rings. The maximum absolute atomic E-state index is 13.0. The molecule has 1 aromatic carbocycles. The Morgan fingerprint density at radius 2 is 1.87 bits per heavy atom. The van der Waals surface area contributed by atoms with E-state index in [1.54, 1.807) is 0 Å². The van der Waals surface area contributed by atoms with E-state index in [2.05, 4.69) is 33.0 Å². The number of rotatable bonds is 4. The quantitative estimate of drug-likeness (QED) is 0.769. The normalized spacial score (nSPS) is 21.8. The molecule has 1 aromatic heterocycles. The van der Waals surface area contributed by atoms with E-state index in [-0.39, 0.29) is 0 Å². The lowest BCUT2D eigenvalue weighted by Gasteiger charge is -2.41. The van der Waals surface area contributed by atoms with Crippen LogP contribution in [0.5, 0.6) is 0 Å². The molecule has 0 spiro atoms. The second-order valence-electron chi connectivity index (χ2n) is 9.80. The van der Waals surface area contributed by atoms with Crippen LogP contribution in [0.25, 0.3) is 0 Å². The van der Waals surface area contributed by atoms with Crippen molar-refractivity contribution in [3.05, 3.63) is 64.0 Å². The van der Waals surface area contributed by atoms with E-state index >= 15 is 0 Å². The number of carbonyl (C=O) groups excluding carboxylic acids is 1. The monoisotopic (exact) mass is 414 g/mol. The molecule has 6 rings (SSSR count). The predicted molar refractivity (Wildman–Crippen MR) is 121 cm³/mol.